The summed E-state index contributed by atoms with van der Waals surface area (Å²) in [5.41, 5.74) is 7.03. The first-order valence-corrected chi connectivity index (χ1v) is 7.06. The summed E-state index contributed by atoms with van der Waals surface area (Å²) in [5.74, 6) is 0.798. The van der Waals surface area contributed by atoms with Gasteiger partial charge in [0.25, 0.3) is 0 Å². The predicted octanol–water partition coefficient (Wildman–Crippen LogP) is 2.30. The van der Waals surface area contributed by atoms with Crippen LogP contribution in [0.4, 0.5) is 5.69 Å². The van der Waals surface area contributed by atoms with Gasteiger partial charge in [0.2, 0.25) is 0 Å². The number of hydrogen-bond acceptors (Lipinski definition) is 4. The number of oxime groups is 1. The SMILES string of the molecule is CN(CCOCC1CC1)c1ccc(/C(N)=N/O)c(Cl)c1. The molecule has 1 saturated carbocycles. The first-order valence-electron chi connectivity index (χ1n) is 6.68. The van der Waals surface area contributed by atoms with Gasteiger partial charge < -0.3 is 20.6 Å². The molecule has 0 aromatic heterocycles. The highest BCUT2D eigenvalue weighted by molar-refractivity contribution is 6.34. The van der Waals surface area contributed by atoms with E-state index in [1.165, 1.54) is 12.8 Å². The van der Waals surface area contributed by atoms with E-state index in [9.17, 15) is 0 Å². The maximum Gasteiger partial charge on any atom is 0.171 e. The Bertz CT molecular complexity index is 489. The van der Waals surface area contributed by atoms with Gasteiger partial charge in [-0.2, -0.15) is 0 Å². The van der Waals surface area contributed by atoms with E-state index in [0.717, 1.165) is 24.8 Å². The van der Waals surface area contributed by atoms with Crippen molar-refractivity contribution in [1.29, 1.82) is 0 Å². The van der Waals surface area contributed by atoms with Crippen LogP contribution in [-0.4, -0.2) is 37.8 Å². The average Bonchev–Trinajstić information content (AvgIpc) is 3.26. The number of nitrogens with zero attached hydrogens (tertiary/aromatic N) is 2. The number of ether oxygens (including phenoxy) is 1. The molecule has 110 valence electrons. The number of likely N-dealkylation sites (N-methyl/N-ethyl adjacent to an activating group) is 1. The molecule has 2 rings (SSSR count). The highest BCUT2D eigenvalue weighted by Gasteiger charge is 2.21. The first kappa shape index (κ1) is 14.9. The number of hydrogen-bond donors (Lipinski definition) is 2. The fourth-order valence-electron chi connectivity index (χ4n) is 1.87. The second-order valence-electron chi connectivity index (χ2n) is 5.09. The molecule has 6 heteroatoms. The van der Waals surface area contributed by atoms with Gasteiger partial charge in [-0.1, -0.05) is 16.8 Å². The van der Waals surface area contributed by atoms with Gasteiger partial charge in [0.1, 0.15) is 0 Å². The number of nitrogens with two attached hydrogens (primary N) is 1. The molecular formula is C14H20ClN3O2. The summed E-state index contributed by atoms with van der Waals surface area (Å²) in [7, 11) is 1.98. The molecule has 1 fully saturated rings. The van der Waals surface area contributed by atoms with Crippen LogP contribution in [0.15, 0.2) is 23.4 Å². The molecule has 1 aromatic carbocycles. The summed E-state index contributed by atoms with van der Waals surface area (Å²) >= 11 is 6.13. The highest BCUT2D eigenvalue weighted by atomic mass is 35.5. The molecular weight excluding hydrogens is 278 g/mol. The molecule has 0 saturated heterocycles. The van der Waals surface area contributed by atoms with Crippen LogP contribution in [0.1, 0.15) is 18.4 Å². The number of halogens is 1. The van der Waals surface area contributed by atoms with Gasteiger partial charge in [-0.25, -0.2) is 0 Å². The lowest BCUT2D eigenvalue weighted by atomic mass is 10.2. The van der Waals surface area contributed by atoms with Crippen molar-refractivity contribution >= 4 is 23.1 Å². The number of anilines is 1. The largest absolute Gasteiger partial charge is 0.409 e. The lowest BCUT2D eigenvalue weighted by Crippen LogP contribution is -2.23. The molecule has 1 aliphatic carbocycles. The second-order valence-corrected chi connectivity index (χ2v) is 5.50. The molecule has 0 heterocycles. The van der Waals surface area contributed by atoms with Crippen molar-refractivity contribution in [3.63, 3.8) is 0 Å². The molecule has 20 heavy (non-hydrogen) atoms. The maximum atomic E-state index is 8.66. The summed E-state index contributed by atoms with van der Waals surface area (Å²) in [6.07, 6.45) is 2.61. The predicted molar refractivity (Wildman–Crippen MR) is 80.8 cm³/mol. The lowest BCUT2D eigenvalue weighted by molar-refractivity contribution is 0.131. The van der Waals surface area contributed by atoms with Gasteiger partial charge in [-0.05, 0) is 37.0 Å². The average molecular weight is 298 g/mol. The Morgan fingerprint density at radius 3 is 2.90 bits per heavy atom. The zero-order chi connectivity index (χ0) is 14.5. The van der Waals surface area contributed by atoms with Gasteiger partial charge in [0.15, 0.2) is 5.84 Å². The summed E-state index contributed by atoms with van der Waals surface area (Å²) in [6.45, 7) is 2.37. The van der Waals surface area contributed by atoms with Gasteiger partial charge >= 0.3 is 0 Å². The maximum absolute atomic E-state index is 8.66. The molecule has 3 N–H and O–H groups in total. The van der Waals surface area contributed by atoms with Crippen LogP contribution in [0.2, 0.25) is 5.02 Å². The molecule has 0 amide bonds. The van der Waals surface area contributed by atoms with E-state index < -0.39 is 0 Å². The Hall–Kier alpha value is -1.46. The standard InChI is InChI=1S/C14H20ClN3O2/c1-18(6-7-20-9-10-2-3-10)11-4-5-12(13(15)8-11)14(16)17-19/h4-5,8,10,19H,2-3,6-7,9H2,1H3,(H2,16,17). The van der Waals surface area contributed by atoms with E-state index in [4.69, 9.17) is 27.3 Å². The smallest absolute Gasteiger partial charge is 0.171 e. The monoisotopic (exact) mass is 297 g/mol. The molecule has 0 aliphatic heterocycles. The van der Waals surface area contributed by atoms with Crippen LogP contribution in [-0.2, 0) is 4.74 Å². The van der Waals surface area contributed by atoms with Gasteiger partial charge in [-0.3, -0.25) is 0 Å². The zero-order valence-corrected chi connectivity index (χ0v) is 12.3. The molecule has 0 radical (unpaired) electrons. The highest BCUT2D eigenvalue weighted by Crippen LogP contribution is 2.28. The molecule has 0 unspecified atom stereocenters. The van der Waals surface area contributed by atoms with Crippen molar-refractivity contribution in [3.05, 3.63) is 28.8 Å². The fraction of sp³-hybridized carbons (Fsp3) is 0.500. The Morgan fingerprint density at radius 2 is 2.30 bits per heavy atom. The van der Waals surface area contributed by atoms with Crippen molar-refractivity contribution in [1.82, 2.24) is 0 Å². The summed E-state index contributed by atoms with van der Waals surface area (Å²) in [4.78, 5) is 2.06. The lowest BCUT2D eigenvalue weighted by Gasteiger charge is -2.20. The van der Waals surface area contributed by atoms with Crippen LogP contribution in [0.25, 0.3) is 0 Å². The zero-order valence-electron chi connectivity index (χ0n) is 11.6. The second kappa shape index (κ2) is 6.81. The molecule has 0 spiro atoms. The van der Waals surface area contributed by atoms with Gasteiger partial charge in [0.05, 0.1) is 11.6 Å². The molecule has 1 aromatic rings. The van der Waals surface area contributed by atoms with Crippen LogP contribution in [0.5, 0.6) is 0 Å². The third-order valence-electron chi connectivity index (χ3n) is 3.40. The fourth-order valence-corrected chi connectivity index (χ4v) is 2.14. The quantitative estimate of drug-likeness (QED) is 0.266. The molecule has 0 atom stereocenters. The topological polar surface area (TPSA) is 71.1 Å². The number of rotatable bonds is 7. The van der Waals surface area contributed by atoms with Crippen LogP contribution in [0.3, 0.4) is 0 Å². The minimum atomic E-state index is 0.0111. The van der Waals surface area contributed by atoms with Crippen molar-refractivity contribution in [3.8, 4) is 0 Å². The van der Waals surface area contributed by atoms with E-state index in [0.29, 0.717) is 17.2 Å². The molecule has 1 aliphatic rings. The first-order chi connectivity index (χ1) is 9.61. The van der Waals surface area contributed by atoms with Crippen molar-refractivity contribution < 1.29 is 9.94 Å². The Kier molecular flexibility index (Phi) is 5.09. The molecule has 5 nitrogen and oxygen atoms in total. The van der Waals surface area contributed by atoms with Crippen LogP contribution in [0, 0.1) is 5.92 Å². The van der Waals surface area contributed by atoms with Crippen molar-refractivity contribution in [2.24, 2.45) is 16.8 Å². The van der Waals surface area contributed by atoms with E-state index in [-0.39, 0.29) is 5.84 Å². The third-order valence-corrected chi connectivity index (χ3v) is 3.71. The Morgan fingerprint density at radius 1 is 1.55 bits per heavy atom. The van der Waals surface area contributed by atoms with E-state index in [1.54, 1.807) is 12.1 Å². The summed E-state index contributed by atoms with van der Waals surface area (Å²) in [6, 6.07) is 5.43. The van der Waals surface area contributed by atoms with Gasteiger partial charge in [-0.15, -0.1) is 0 Å². The van der Waals surface area contributed by atoms with E-state index in [2.05, 4.69) is 10.1 Å². The molecule has 0 bridgehead atoms. The van der Waals surface area contributed by atoms with Crippen LogP contribution >= 0.6 is 11.6 Å². The van der Waals surface area contributed by atoms with E-state index in [1.807, 2.05) is 13.1 Å². The Balaban J connectivity index is 1.88. The Labute approximate surface area is 124 Å². The normalized spacial score (nSPS) is 15.4. The minimum absolute atomic E-state index is 0.0111. The van der Waals surface area contributed by atoms with E-state index >= 15 is 0 Å². The summed E-state index contributed by atoms with van der Waals surface area (Å²) in [5, 5.41) is 12.1. The minimum Gasteiger partial charge on any atom is -0.409 e. The van der Waals surface area contributed by atoms with Crippen LogP contribution < -0.4 is 10.6 Å². The van der Waals surface area contributed by atoms with Gasteiger partial charge in [0, 0.05) is 31.5 Å². The summed E-state index contributed by atoms with van der Waals surface area (Å²) < 4.78 is 5.61. The number of benzene rings is 1. The number of amidine groups is 1. The van der Waals surface area contributed by atoms with Crippen molar-refractivity contribution in [2.75, 3.05) is 31.7 Å². The van der Waals surface area contributed by atoms with Crippen molar-refractivity contribution in [2.45, 2.75) is 12.8 Å². The third kappa shape index (κ3) is 4.02.